The van der Waals surface area contributed by atoms with Crippen molar-refractivity contribution >= 4 is 12.0 Å². The molecule has 1 heterocycles. The highest BCUT2D eigenvalue weighted by molar-refractivity contribution is 5.75. The molecule has 1 aliphatic carbocycles. The third-order valence-electron chi connectivity index (χ3n) is 4.01. The summed E-state index contributed by atoms with van der Waals surface area (Å²) in [6.07, 6.45) is 1.83. The molecule has 21 heavy (non-hydrogen) atoms. The fraction of sp³-hybridized carbons (Fsp3) is 0.600. The molecule has 3 N–H and O–H groups in total. The average molecular weight is 294 g/mol. The van der Waals surface area contributed by atoms with Crippen molar-refractivity contribution in [3.05, 3.63) is 23.2 Å². The van der Waals surface area contributed by atoms with Gasteiger partial charge in [0.2, 0.25) is 0 Å². The third kappa shape index (κ3) is 3.77. The maximum absolute atomic E-state index is 12.0. The van der Waals surface area contributed by atoms with Crippen LogP contribution in [0.4, 0.5) is 4.79 Å². The predicted octanol–water partition coefficient (Wildman–Crippen LogP) is 2.51. The number of urea groups is 1. The number of carboxylic acid groups (broad SMARTS) is 1. The van der Waals surface area contributed by atoms with E-state index in [0.29, 0.717) is 19.3 Å². The molecule has 1 aliphatic rings. The Labute approximate surface area is 123 Å². The first-order valence-electron chi connectivity index (χ1n) is 7.23. The van der Waals surface area contributed by atoms with Crippen molar-refractivity contribution in [1.82, 2.24) is 10.6 Å². The van der Waals surface area contributed by atoms with Crippen molar-refractivity contribution in [1.29, 1.82) is 0 Å². The molecule has 0 bridgehead atoms. The molecule has 2 rings (SSSR count). The first-order chi connectivity index (χ1) is 9.86. The van der Waals surface area contributed by atoms with Gasteiger partial charge in [-0.1, -0.05) is 0 Å². The molecule has 2 amide bonds. The largest absolute Gasteiger partial charge is 0.481 e. The number of furan rings is 1. The van der Waals surface area contributed by atoms with E-state index in [0.717, 1.165) is 17.1 Å². The lowest BCUT2D eigenvalue weighted by atomic mass is 10.1. The minimum absolute atomic E-state index is 0.0644. The van der Waals surface area contributed by atoms with Gasteiger partial charge >= 0.3 is 12.0 Å². The smallest absolute Gasteiger partial charge is 0.315 e. The summed E-state index contributed by atoms with van der Waals surface area (Å²) in [4.78, 5) is 22.9. The third-order valence-corrected chi connectivity index (χ3v) is 4.01. The van der Waals surface area contributed by atoms with Gasteiger partial charge in [-0.3, -0.25) is 4.79 Å². The van der Waals surface area contributed by atoms with Gasteiger partial charge in [0.25, 0.3) is 0 Å². The summed E-state index contributed by atoms with van der Waals surface area (Å²) in [5.41, 5.74) is 0.956. The highest BCUT2D eigenvalue weighted by atomic mass is 16.4. The monoisotopic (exact) mass is 294 g/mol. The van der Waals surface area contributed by atoms with Crippen LogP contribution in [0.1, 0.15) is 49.3 Å². The van der Waals surface area contributed by atoms with E-state index in [9.17, 15) is 9.59 Å². The maximum Gasteiger partial charge on any atom is 0.315 e. The molecular weight excluding hydrogens is 272 g/mol. The van der Waals surface area contributed by atoms with E-state index >= 15 is 0 Å². The lowest BCUT2D eigenvalue weighted by Crippen LogP contribution is -2.42. The summed E-state index contributed by atoms with van der Waals surface area (Å²) in [6, 6.07) is 1.43. The Morgan fingerprint density at radius 3 is 2.62 bits per heavy atom. The molecule has 0 aliphatic heterocycles. The molecule has 3 atom stereocenters. The number of nitrogens with one attached hydrogen (secondary N) is 2. The first-order valence-corrected chi connectivity index (χ1v) is 7.23. The van der Waals surface area contributed by atoms with Crippen molar-refractivity contribution in [3.63, 3.8) is 0 Å². The Kier molecular flexibility index (Phi) is 4.55. The lowest BCUT2D eigenvalue weighted by Gasteiger charge is -2.17. The van der Waals surface area contributed by atoms with Gasteiger partial charge in [0.05, 0.1) is 12.0 Å². The molecule has 1 aromatic rings. The minimum Gasteiger partial charge on any atom is -0.481 e. The molecular formula is C15H22N2O4. The maximum atomic E-state index is 12.0. The Balaban J connectivity index is 1.85. The average Bonchev–Trinajstić information content (AvgIpc) is 2.95. The van der Waals surface area contributed by atoms with Crippen LogP contribution < -0.4 is 10.6 Å². The first kappa shape index (κ1) is 15.4. The number of carbonyl (C=O) groups excluding carboxylic acids is 1. The number of hydrogen-bond acceptors (Lipinski definition) is 3. The Hall–Kier alpha value is -1.98. The zero-order valence-electron chi connectivity index (χ0n) is 12.6. The zero-order chi connectivity index (χ0) is 15.6. The second-order valence-electron chi connectivity index (χ2n) is 5.75. The highest BCUT2D eigenvalue weighted by Gasteiger charge is 2.30. The lowest BCUT2D eigenvalue weighted by molar-refractivity contribution is -0.141. The van der Waals surface area contributed by atoms with Crippen molar-refractivity contribution in [2.75, 3.05) is 0 Å². The van der Waals surface area contributed by atoms with Crippen molar-refractivity contribution in [3.8, 4) is 0 Å². The number of carbonyl (C=O) groups is 2. The summed E-state index contributed by atoms with van der Waals surface area (Å²) in [6.45, 7) is 5.63. The predicted molar refractivity (Wildman–Crippen MR) is 77.0 cm³/mol. The van der Waals surface area contributed by atoms with Gasteiger partial charge in [0, 0.05) is 11.6 Å². The molecule has 1 aromatic heterocycles. The van der Waals surface area contributed by atoms with Gasteiger partial charge in [-0.25, -0.2) is 4.79 Å². The topological polar surface area (TPSA) is 91.6 Å². The number of hydrogen-bond donors (Lipinski definition) is 3. The van der Waals surface area contributed by atoms with Gasteiger partial charge in [0.15, 0.2) is 0 Å². The quantitative estimate of drug-likeness (QED) is 0.795. The summed E-state index contributed by atoms with van der Waals surface area (Å²) in [5, 5.41) is 14.7. The molecule has 3 unspecified atom stereocenters. The molecule has 0 saturated heterocycles. The standard InChI is InChI=1S/C15H22N2O4/c1-8-6-13(10(3)21-8)9(2)16-15(20)17-12-5-4-11(7-12)14(18)19/h6,9,11-12H,4-5,7H2,1-3H3,(H,18,19)(H2,16,17,20). The van der Waals surface area contributed by atoms with Crippen LogP contribution in [0.3, 0.4) is 0 Å². The van der Waals surface area contributed by atoms with E-state index in [1.54, 1.807) is 0 Å². The molecule has 1 saturated carbocycles. The van der Waals surface area contributed by atoms with Crippen molar-refractivity contribution in [2.24, 2.45) is 5.92 Å². The second kappa shape index (κ2) is 6.20. The second-order valence-corrected chi connectivity index (χ2v) is 5.75. The Bertz CT molecular complexity index is 538. The molecule has 116 valence electrons. The molecule has 6 nitrogen and oxygen atoms in total. The van der Waals surface area contributed by atoms with E-state index < -0.39 is 5.97 Å². The van der Waals surface area contributed by atoms with Crippen LogP contribution in [0, 0.1) is 19.8 Å². The number of aryl methyl sites for hydroxylation is 2. The fourth-order valence-corrected chi connectivity index (χ4v) is 2.92. The summed E-state index contributed by atoms with van der Waals surface area (Å²) in [5.74, 6) is 0.493. The number of carboxylic acids is 1. The van der Waals surface area contributed by atoms with Gasteiger partial charge < -0.3 is 20.2 Å². The Morgan fingerprint density at radius 2 is 2.10 bits per heavy atom. The molecule has 6 heteroatoms. The molecule has 1 fully saturated rings. The van der Waals surface area contributed by atoms with E-state index in [4.69, 9.17) is 9.52 Å². The van der Waals surface area contributed by atoms with E-state index in [1.807, 2.05) is 26.8 Å². The summed E-state index contributed by atoms with van der Waals surface area (Å²) >= 11 is 0. The van der Waals surface area contributed by atoms with Crippen LogP contribution in [-0.2, 0) is 4.79 Å². The molecule has 0 radical (unpaired) electrons. The SMILES string of the molecule is Cc1cc(C(C)NC(=O)NC2CCC(C(=O)O)C2)c(C)o1. The van der Waals surface area contributed by atoms with Crippen LogP contribution in [0.2, 0.25) is 0 Å². The highest BCUT2D eigenvalue weighted by Crippen LogP contribution is 2.26. The van der Waals surface area contributed by atoms with Crippen molar-refractivity contribution in [2.45, 2.75) is 52.1 Å². The van der Waals surface area contributed by atoms with Crippen LogP contribution >= 0.6 is 0 Å². The molecule has 0 spiro atoms. The number of amides is 2. The van der Waals surface area contributed by atoms with E-state index in [1.165, 1.54) is 0 Å². The Morgan fingerprint density at radius 1 is 1.38 bits per heavy atom. The zero-order valence-corrected chi connectivity index (χ0v) is 12.6. The van der Waals surface area contributed by atoms with Gasteiger partial charge in [-0.2, -0.15) is 0 Å². The van der Waals surface area contributed by atoms with Crippen LogP contribution in [0.25, 0.3) is 0 Å². The van der Waals surface area contributed by atoms with Crippen molar-refractivity contribution < 1.29 is 19.1 Å². The van der Waals surface area contributed by atoms with Gasteiger partial charge in [-0.05, 0) is 46.1 Å². The normalized spacial score (nSPS) is 22.8. The van der Waals surface area contributed by atoms with Gasteiger partial charge in [-0.15, -0.1) is 0 Å². The van der Waals surface area contributed by atoms with Crippen LogP contribution in [0.15, 0.2) is 10.5 Å². The molecule has 0 aromatic carbocycles. The van der Waals surface area contributed by atoms with Gasteiger partial charge in [0.1, 0.15) is 11.5 Å². The van der Waals surface area contributed by atoms with Crippen LogP contribution in [0.5, 0.6) is 0 Å². The van der Waals surface area contributed by atoms with E-state index in [-0.39, 0.29) is 24.0 Å². The van der Waals surface area contributed by atoms with Crippen LogP contribution in [-0.4, -0.2) is 23.1 Å². The fourth-order valence-electron chi connectivity index (χ4n) is 2.92. The summed E-state index contributed by atoms with van der Waals surface area (Å²) in [7, 11) is 0. The number of rotatable bonds is 4. The number of aliphatic carboxylic acids is 1. The minimum atomic E-state index is -0.780. The van der Waals surface area contributed by atoms with E-state index in [2.05, 4.69) is 10.6 Å². The summed E-state index contributed by atoms with van der Waals surface area (Å²) < 4.78 is 5.45.